The summed E-state index contributed by atoms with van der Waals surface area (Å²) in [5.41, 5.74) is 2.95. The van der Waals surface area contributed by atoms with E-state index >= 15 is 0 Å². The number of hydrogen-bond donors (Lipinski definition) is 1. The van der Waals surface area contributed by atoms with Crippen molar-refractivity contribution in [1.29, 1.82) is 0 Å². The summed E-state index contributed by atoms with van der Waals surface area (Å²) in [5.74, 6) is 0.530. The van der Waals surface area contributed by atoms with Crippen molar-refractivity contribution < 1.29 is 19.4 Å². The van der Waals surface area contributed by atoms with E-state index in [1.54, 1.807) is 14.2 Å². The lowest BCUT2D eigenvalue weighted by Crippen LogP contribution is -2.15. The third-order valence-corrected chi connectivity index (χ3v) is 3.18. The molecule has 0 spiro atoms. The Balaban J connectivity index is 0.00000200. The van der Waals surface area contributed by atoms with Crippen molar-refractivity contribution in [3.05, 3.63) is 23.3 Å². The Labute approximate surface area is 124 Å². The molecule has 1 heterocycles. The molecule has 2 rings (SSSR count). The van der Waals surface area contributed by atoms with Gasteiger partial charge in [-0.2, -0.15) is 0 Å². The van der Waals surface area contributed by atoms with Crippen LogP contribution in [0.15, 0.2) is 17.1 Å². The molecular formula is C14H18ClNO4. The quantitative estimate of drug-likeness (QED) is 0.906. The Morgan fingerprint density at radius 3 is 2.55 bits per heavy atom. The van der Waals surface area contributed by atoms with Gasteiger partial charge in [-0.15, -0.1) is 12.4 Å². The smallest absolute Gasteiger partial charge is 0.303 e. The fraction of sp³-hybridized carbons (Fsp3) is 0.429. The first-order valence-corrected chi connectivity index (χ1v) is 6.16. The van der Waals surface area contributed by atoms with Crippen LogP contribution in [-0.2, 0) is 11.2 Å². The third-order valence-electron chi connectivity index (χ3n) is 3.18. The second-order valence-corrected chi connectivity index (χ2v) is 4.34. The molecule has 20 heavy (non-hydrogen) atoms. The van der Waals surface area contributed by atoms with Gasteiger partial charge in [-0.3, -0.25) is 9.79 Å². The number of carboxylic acid groups (broad SMARTS) is 1. The predicted octanol–water partition coefficient (Wildman–Crippen LogP) is 2.34. The van der Waals surface area contributed by atoms with Gasteiger partial charge in [0.1, 0.15) is 0 Å². The average molecular weight is 300 g/mol. The van der Waals surface area contributed by atoms with E-state index in [9.17, 15) is 4.79 Å². The molecule has 0 saturated carbocycles. The van der Waals surface area contributed by atoms with Crippen LogP contribution in [-0.4, -0.2) is 37.6 Å². The number of ether oxygens (including phenoxy) is 2. The summed E-state index contributed by atoms with van der Waals surface area (Å²) in [4.78, 5) is 15.1. The van der Waals surface area contributed by atoms with Crippen LogP contribution in [0.25, 0.3) is 0 Å². The van der Waals surface area contributed by atoms with E-state index in [0.29, 0.717) is 24.5 Å². The lowest BCUT2D eigenvalue weighted by Gasteiger charge is -2.19. The molecule has 0 unspecified atom stereocenters. The van der Waals surface area contributed by atoms with Crippen LogP contribution in [0.5, 0.6) is 11.5 Å². The number of rotatable bonds is 5. The number of methoxy groups -OCH3 is 2. The van der Waals surface area contributed by atoms with Crippen molar-refractivity contribution >= 4 is 24.1 Å². The molecule has 6 heteroatoms. The number of halogens is 1. The molecule has 0 bridgehead atoms. The average Bonchev–Trinajstić information content (AvgIpc) is 2.43. The molecule has 1 aromatic carbocycles. The minimum atomic E-state index is -0.810. The van der Waals surface area contributed by atoms with Gasteiger partial charge in [-0.1, -0.05) is 0 Å². The topological polar surface area (TPSA) is 68.1 Å². The highest BCUT2D eigenvalue weighted by atomic mass is 35.5. The lowest BCUT2D eigenvalue weighted by molar-refractivity contribution is -0.136. The number of fused-ring (bicyclic) bond motifs is 1. The van der Waals surface area contributed by atoms with Crippen LogP contribution in [0.4, 0.5) is 0 Å². The Bertz CT molecular complexity index is 528. The molecule has 0 fully saturated rings. The number of nitrogens with zero attached hydrogens (tertiary/aromatic N) is 1. The molecule has 1 aliphatic heterocycles. The zero-order valence-corrected chi connectivity index (χ0v) is 12.3. The number of hydrogen-bond acceptors (Lipinski definition) is 4. The second kappa shape index (κ2) is 7.14. The zero-order chi connectivity index (χ0) is 13.8. The molecule has 1 N–H and O–H groups in total. The Kier molecular flexibility index (Phi) is 5.82. The predicted molar refractivity (Wildman–Crippen MR) is 78.8 cm³/mol. The molecular weight excluding hydrogens is 282 g/mol. The van der Waals surface area contributed by atoms with Crippen LogP contribution in [0.1, 0.15) is 24.0 Å². The first-order valence-electron chi connectivity index (χ1n) is 6.16. The highest BCUT2D eigenvalue weighted by Crippen LogP contribution is 2.33. The largest absolute Gasteiger partial charge is 0.493 e. The van der Waals surface area contributed by atoms with Crippen molar-refractivity contribution in [2.45, 2.75) is 19.3 Å². The number of aliphatic imine (C=N–C) groups is 1. The van der Waals surface area contributed by atoms with Crippen LogP contribution in [0.3, 0.4) is 0 Å². The molecule has 110 valence electrons. The minimum Gasteiger partial charge on any atom is -0.493 e. The maximum atomic E-state index is 10.7. The van der Waals surface area contributed by atoms with Gasteiger partial charge in [0.2, 0.25) is 0 Å². The SMILES string of the molecule is COc1cc2c(cc1OC)C(CCC(=O)O)=NCC2.Cl. The molecule has 1 aromatic rings. The number of aliphatic carboxylic acids is 1. The van der Waals surface area contributed by atoms with Gasteiger partial charge in [0.05, 0.1) is 20.6 Å². The number of carboxylic acids is 1. The monoisotopic (exact) mass is 299 g/mol. The van der Waals surface area contributed by atoms with E-state index in [1.807, 2.05) is 12.1 Å². The Morgan fingerprint density at radius 1 is 1.30 bits per heavy atom. The fourth-order valence-electron chi connectivity index (χ4n) is 2.23. The van der Waals surface area contributed by atoms with Gasteiger partial charge in [0, 0.05) is 24.2 Å². The first kappa shape index (κ1) is 16.3. The number of benzene rings is 1. The van der Waals surface area contributed by atoms with Crippen molar-refractivity contribution in [2.75, 3.05) is 20.8 Å². The zero-order valence-electron chi connectivity index (χ0n) is 11.5. The minimum absolute atomic E-state index is 0. The van der Waals surface area contributed by atoms with Gasteiger partial charge in [0.15, 0.2) is 11.5 Å². The summed E-state index contributed by atoms with van der Waals surface area (Å²) in [7, 11) is 3.19. The van der Waals surface area contributed by atoms with Crippen molar-refractivity contribution in [1.82, 2.24) is 0 Å². The highest BCUT2D eigenvalue weighted by Gasteiger charge is 2.18. The molecule has 0 aliphatic carbocycles. The molecule has 0 aromatic heterocycles. The Hall–Kier alpha value is -1.75. The lowest BCUT2D eigenvalue weighted by atomic mass is 9.94. The van der Waals surface area contributed by atoms with Gasteiger partial charge in [0.25, 0.3) is 0 Å². The van der Waals surface area contributed by atoms with Gasteiger partial charge in [-0.25, -0.2) is 0 Å². The summed E-state index contributed by atoms with van der Waals surface area (Å²) in [6.07, 6.45) is 1.37. The molecule has 0 radical (unpaired) electrons. The van der Waals surface area contributed by atoms with Gasteiger partial charge >= 0.3 is 5.97 Å². The summed E-state index contributed by atoms with van der Waals surface area (Å²) < 4.78 is 10.6. The molecule has 5 nitrogen and oxygen atoms in total. The van der Waals surface area contributed by atoms with Crippen molar-refractivity contribution in [2.24, 2.45) is 4.99 Å². The molecule has 0 saturated heterocycles. The van der Waals surface area contributed by atoms with E-state index in [1.165, 1.54) is 0 Å². The van der Waals surface area contributed by atoms with Crippen molar-refractivity contribution in [3.63, 3.8) is 0 Å². The first-order chi connectivity index (χ1) is 9.15. The maximum Gasteiger partial charge on any atom is 0.303 e. The van der Waals surface area contributed by atoms with E-state index in [4.69, 9.17) is 14.6 Å². The van der Waals surface area contributed by atoms with Crippen LogP contribution < -0.4 is 9.47 Å². The van der Waals surface area contributed by atoms with E-state index < -0.39 is 5.97 Å². The Morgan fingerprint density at radius 2 is 1.95 bits per heavy atom. The summed E-state index contributed by atoms with van der Waals surface area (Å²) in [5, 5.41) is 8.78. The summed E-state index contributed by atoms with van der Waals surface area (Å²) in [6.45, 7) is 0.692. The standard InChI is InChI=1S/C14H17NO4.ClH/c1-18-12-7-9-5-6-15-11(3-4-14(16)17)10(9)8-13(12)19-2;/h7-8H,3-6H2,1-2H3,(H,16,17);1H. The van der Waals surface area contributed by atoms with Crippen LogP contribution in [0, 0.1) is 0 Å². The normalized spacial score (nSPS) is 12.8. The molecule has 0 atom stereocenters. The van der Waals surface area contributed by atoms with E-state index in [0.717, 1.165) is 23.3 Å². The molecule has 1 aliphatic rings. The van der Waals surface area contributed by atoms with Gasteiger partial charge in [-0.05, 0) is 24.1 Å². The summed E-state index contributed by atoms with van der Waals surface area (Å²) in [6, 6.07) is 3.83. The third kappa shape index (κ3) is 3.42. The van der Waals surface area contributed by atoms with E-state index in [2.05, 4.69) is 4.99 Å². The molecule has 0 amide bonds. The highest BCUT2D eigenvalue weighted by molar-refractivity contribution is 6.04. The van der Waals surface area contributed by atoms with Crippen LogP contribution >= 0.6 is 12.4 Å². The van der Waals surface area contributed by atoms with E-state index in [-0.39, 0.29) is 18.8 Å². The van der Waals surface area contributed by atoms with Gasteiger partial charge < -0.3 is 14.6 Å². The number of carbonyl (C=O) groups is 1. The van der Waals surface area contributed by atoms with Crippen molar-refractivity contribution in [3.8, 4) is 11.5 Å². The summed E-state index contributed by atoms with van der Waals surface area (Å²) >= 11 is 0. The van der Waals surface area contributed by atoms with Crippen LogP contribution in [0.2, 0.25) is 0 Å². The maximum absolute atomic E-state index is 10.7. The fourth-order valence-corrected chi connectivity index (χ4v) is 2.23. The second-order valence-electron chi connectivity index (χ2n) is 4.34.